The molecule has 2 aromatic heterocycles. The lowest BCUT2D eigenvalue weighted by Crippen LogP contribution is -2.59. The Morgan fingerprint density at radius 2 is 2.10 bits per heavy atom. The van der Waals surface area contributed by atoms with E-state index in [4.69, 9.17) is 4.74 Å². The summed E-state index contributed by atoms with van der Waals surface area (Å²) >= 11 is 0. The number of nitrogens with zero attached hydrogens (tertiary/aromatic N) is 4. The van der Waals surface area contributed by atoms with Crippen LogP contribution in [0.4, 0.5) is 5.69 Å². The molecule has 0 radical (unpaired) electrons. The Morgan fingerprint density at radius 1 is 1.27 bits per heavy atom. The Balaban J connectivity index is 1.58. The van der Waals surface area contributed by atoms with E-state index < -0.39 is 8.07 Å². The molecular formula is C23H35N5OSi. The van der Waals surface area contributed by atoms with E-state index in [0.717, 1.165) is 49.0 Å². The molecule has 30 heavy (non-hydrogen) atoms. The van der Waals surface area contributed by atoms with Gasteiger partial charge in [0.1, 0.15) is 18.4 Å². The average molecular weight is 426 g/mol. The van der Waals surface area contributed by atoms with Gasteiger partial charge in [0.05, 0.1) is 16.6 Å². The lowest BCUT2D eigenvalue weighted by atomic mass is 9.81. The highest BCUT2D eigenvalue weighted by molar-refractivity contribution is 6.76. The Bertz CT molecular complexity index is 915. The molecule has 2 aliphatic rings. The highest BCUT2D eigenvalue weighted by Gasteiger charge is 2.37. The molecule has 0 bridgehead atoms. The molecule has 1 atom stereocenters. The van der Waals surface area contributed by atoms with Gasteiger partial charge in [-0.1, -0.05) is 26.1 Å². The lowest BCUT2D eigenvalue weighted by Gasteiger charge is -2.47. The van der Waals surface area contributed by atoms with Gasteiger partial charge in [-0.25, -0.2) is 4.98 Å². The van der Waals surface area contributed by atoms with Crippen LogP contribution >= 0.6 is 0 Å². The van der Waals surface area contributed by atoms with Gasteiger partial charge in [-0.05, 0) is 44.3 Å². The lowest BCUT2D eigenvalue weighted by molar-refractivity contribution is 0.0898. The molecule has 2 saturated heterocycles. The summed E-state index contributed by atoms with van der Waals surface area (Å²) in [5, 5.41) is 14.6. The summed E-state index contributed by atoms with van der Waals surface area (Å²) in [4.78, 5) is 7.11. The van der Waals surface area contributed by atoms with Crippen molar-refractivity contribution >= 4 is 24.8 Å². The predicted molar refractivity (Wildman–Crippen MR) is 125 cm³/mol. The van der Waals surface area contributed by atoms with Crippen LogP contribution in [0.25, 0.3) is 11.0 Å². The maximum Gasteiger partial charge on any atom is 0.145 e. The second-order valence-corrected chi connectivity index (χ2v) is 15.8. The molecule has 162 valence electrons. The van der Waals surface area contributed by atoms with Crippen molar-refractivity contribution in [1.29, 1.82) is 5.26 Å². The summed E-state index contributed by atoms with van der Waals surface area (Å²) in [6.45, 7) is 11.4. The highest BCUT2D eigenvalue weighted by atomic mass is 28.3. The maximum atomic E-state index is 9.84. The molecule has 7 heteroatoms. The number of anilines is 1. The normalized spacial score (nSPS) is 22.5. The van der Waals surface area contributed by atoms with Crippen LogP contribution < -0.4 is 10.2 Å². The van der Waals surface area contributed by atoms with Gasteiger partial charge >= 0.3 is 0 Å². The summed E-state index contributed by atoms with van der Waals surface area (Å²) < 4.78 is 7.96. The quantitative estimate of drug-likeness (QED) is 0.551. The summed E-state index contributed by atoms with van der Waals surface area (Å²) in [6, 6.07) is 5.63. The van der Waals surface area contributed by atoms with Crippen molar-refractivity contribution in [1.82, 2.24) is 14.9 Å². The molecule has 1 N–H and O–H groups in total. The number of nitrogens with one attached hydrogen (secondary N) is 1. The van der Waals surface area contributed by atoms with Crippen LogP contribution in [0.1, 0.15) is 37.7 Å². The minimum atomic E-state index is -1.12. The number of nitriles is 1. The fourth-order valence-electron chi connectivity index (χ4n) is 4.90. The molecule has 0 saturated carbocycles. The molecule has 0 aromatic carbocycles. The van der Waals surface area contributed by atoms with Crippen molar-refractivity contribution in [3.8, 4) is 6.07 Å². The Morgan fingerprint density at radius 3 is 2.83 bits per heavy atom. The molecule has 4 rings (SSSR count). The zero-order chi connectivity index (χ0) is 21.2. The van der Waals surface area contributed by atoms with Gasteiger partial charge in [-0.2, -0.15) is 5.26 Å². The third kappa shape index (κ3) is 4.56. The molecule has 4 heterocycles. The molecule has 6 nitrogen and oxygen atoms in total. The fraction of sp³-hybridized carbons (Fsp3) is 0.652. The number of hydrogen-bond acceptors (Lipinski definition) is 5. The van der Waals surface area contributed by atoms with Crippen LogP contribution in [-0.4, -0.2) is 49.4 Å². The molecule has 0 unspecified atom stereocenters. The third-order valence-electron chi connectivity index (χ3n) is 6.58. The number of aromatic nitrogens is 2. The first-order valence-corrected chi connectivity index (χ1v) is 15.1. The van der Waals surface area contributed by atoms with Gasteiger partial charge in [-0.3, -0.25) is 0 Å². The van der Waals surface area contributed by atoms with Crippen LogP contribution in [0.15, 0.2) is 18.5 Å². The summed E-state index contributed by atoms with van der Waals surface area (Å²) in [6.07, 6.45) is 10.0. The standard InChI is InChI=1S/C23H35N5OSi/c1-30(2,3)14-13-29-18-28-16-19(15-24)21-20(7-11-25-22(21)28)27-12-6-9-23(17-27)8-4-5-10-26-23/h7,11,16,26H,4-6,8-10,12-14,17-18H2,1-3H3/t23-/m1/s1. The van der Waals surface area contributed by atoms with Gasteiger partial charge in [-0.15, -0.1) is 0 Å². The topological polar surface area (TPSA) is 66.1 Å². The average Bonchev–Trinajstić information content (AvgIpc) is 3.09. The smallest absolute Gasteiger partial charge is 0.145 e. The van der Waals surface area contributed by atoms with Gasteiger partial charge < -0.3 is 19.5 Å². The summed E-state index contributed by atoms with van der Waals surface area (Å²) in [5.41, 5.74) is 2.91. The van der Waals surface area contributed by atoms with E-state index in [1.807, 2.05) is 17.0 Å². The molecule has 2 fully saturated rings. The van der Waals surface area contributed by atoms with E-state index in [0.29, 0.717) is 12.3 Å². The van der Waals surface area contributed by atoms with E-state index in [1.54, 1.807) is 0 Å². The van der Waals surface area contributed by atoms with Crippen molar-refractivity contribution < 1.29 is 4.74 Å². The molecule has 0 amide bonds. The van der Waals surface area contributed by atoms with Crippen LogP contribution in [-0.2, 0) is 11.5 Å². The van der Waals surface area contributed by atoms with Crippen molar-refractivity contribution in [2.75, 3.05) is 31.1 Å². The minimum absolute atomic E-state index is 0.224. The van der Waals surface area contributed by atoms with Gasteiger partial charge in [0.2, 0.25) is 0 Å². The minimum Gasteiger partial charge on any atom is -0.369 e. The molecule has 2 aromatic rings. The second kappa shape index (κ2) is 8.70. The molecule has 0 aliphatic carbocycles. The first kappa shape index (κ1) is 21.4. The zero-order valence-electron chi connectivity index (χ0n) is 18.7. The Hall–Kier alpha value is -1.88. The number of hydrogen-bond donors (Lipinski definition) is 1. The van der Waals surface area contributed by atoms with Gasteiger partial charge in [0, 0.05) is 45.7 Å². The van der Waals surface area contributed by atoms with E-state index in [-0.39, 0.29) is 5.54 Å². The van der Waals surface area contributed by atoms with Crippen LogP contribution in [0.5, 0.6) is 0 Å². The Labute approximate surface area is 181 Å². The van der Waals surface area contributed by atoms with Crippen LogP contribution in [0.2, 0.25) is 25.7 Å². The number of ether oxygens (including phenoxy) is 1. The van der Waals surface area contributed by atoms with Crippen LogP contribution in [0, 0.1) is 11.3 Å². The zero-order valence-corrected chi connectivity index (χ0v) is 19.7. The number of rotatable bonds is 6. The summed E-state index contributed by atoms with van der Waals surface area (Å²) in [5.74, 6) is 0. The predicted octanol–water partition coefficient (Wildman–Crippen LogP) is 4.33. The van der Waals surface area contributed by atoms with E-state index in [1.165, 1.54) is 32.1 Å². The monoisotopic (exact) mass is 425 g/mol. The summed E-state index contributed by atoms with van der Waals surface area (Å²) in [7, 11) is -1.12. The second-order valence-electron chi connectivity index (χ2n) is 10.2. The third-order valence-corrected chi connectivity index (χ3v) is 8.29. The van der Waals surface area contributed by atoms with Crippen molar-refractivity contribution in [2.24, 2.45) is 0 Å². The van der Waals surface area contributed by atoms with Crippen molar-refractivity contribution in [3.63, 3.8) is 0 Å². The molecule has 1 spiro atoms. The fourth-order valence-corrected chi connectivity index (χ4v) is 5.66. The van der Waals surface area contributed by atoms with Gasteiger partial charge in [0.15, 0.2) is 0 Å². The SMILES string of the molecule is C[Si](C)(C)CCOCn1cc(C#N)c2c(N3CCC[C@]4(CCCCN4)C3)ccnc21. The first-order chi connectivity index (χ1) is 14.4. The molecule has 2 aliphatic heterocycles. The van der Waals surface area contributed by atoms with E-state index in [9.17, 15) is 5.26 Å². The maximum absolute atomic E-state index is 9.84. The van der Waals surface area contributed by atoms with Crippen molar-refractivity contribution in [2.45, 2.75) is 70.1 Å². The highest BCUT2D eigenvalue weighted by Crippen LogP contribution is 2.36. The largest absolute Gasteiger partial charge is 0.369 e. The molecular weight excluding hydrogens is 390 g/mol. The van der Waals surface area contributed by atoms with Gasteiger partial charge in [0.25, 0.3) is 0 Å². The Kier molecular flexibility index (Phi) is 6.19. The van der Waals surface area contributed by atoms with Crippen molar-refractivity contribution in [3.05, 3.63) is 24.0 Å². The first-order valence-electron chi connectivity index (χ1n) is 11.4. The number of piperidine rings is 2. The number of pyridine rings is 1. The van der Waals surface area contributed by atoms with E-state index in [2.05, 4.69) is 47.0 Å². The van der Waals surface area contributed by atoms with Crippen LogP contribution in [0.3, 0.4) is 0 Å². The van der Waals surface area contributed by atoms with E-state index >= 15 is 0 Å². The number of fused-ring (bicyclic) bond motifs is 1.